The highest BCUT2D eigenvalue weighted by Crippen LogP contribution is 2.43. The van der Waals surface area contributed by atoms with Gasteiger partial charge in [-0.05, 0) is 65.7 Å². The number of nitrogens with zero attached hydrogens (tertiary/aromatic N) is 2. The van der Waals surface area contributed by atoms with Crippen LogP contribution in [0.15, 0.2) is 0 Å². The molecule has 2 atom stereocenters. The van der Waals surface area contributed by atoms with E-state index in [9.17, 15) is 4.79 Å². The van der Waals surface area contributed by atoms with Gasteiger partial charge < -0.3 is 9.80 Å². The molecule has 0 aromatic rings. The Morgan fingerprint density at radius 3 is 1.44 bits per heavy atom. The minimum atomic E-state index is 0.297. The number of ketones is 1. The van der Waals surface area contributed by atoms with Crippen molar-refractivity contribution in [3.63, 3.8) is 0 Å². The van der Waals surface area contributed by atoms with E-state index < -0.39 is 0 Å². The number of hydrogen-bond acceptors (Lipinski definition) is 3. The van der Waals surface area contributed by atoms with Crippen LogP contribution < -0.4 is 0 Å². The Labute approximate surface area is 112 Å². The number of hydrogen-bond donors (Lipinski definition) is 0. The highest BCUT2D eigenvalue weighted by atomic mass is 16.1. The smallest absolute Gasteiger partial charge is 0.142 e. The molecule has 0 saturated heterocycles. The van der Waals surface area contributed by atoms with E-state index in [1.165, 1.54) is 25.7 Å². The van der Waals surface area contributed by atoms with Crippen LogP contribution in [0.4, 0.5) is 0 Å². The lowest BCUT2D eigenvalue weighted by molar-refractivity contribution is -0.129. The first kappa shape index (κ1) is 14.0. The summed E-state index contributed by atoms with van der Waals surface area (Å²) in [6, 6.07) is 0. The fourth-order valence-corrected chi connectivity index (χ4v) is 3.00. The summed E-state index contributed by atoms with van der Waals surface area (Å²) in [7, 11) is 8.34. The second kappa shape index (κ2) is 5.70. The molecule has 2 rings (SSSR count). The van der Waals surface area contributed by atoms with Crippen molar-refractivity contribution in [2.75, 3.05) is 41.3 Å². The van der Waals surface area contributed by atoms with Crippen LogP contribution in [0.3, 0.4) is 0 Å². The highest BCUT2D eigenvalue weighted by Gasteiger charge is 2.43. The maximum absolute atomic E-state index is 12.8. The molecule has 0 radical (unpaired) electrons. The van der Waals surface area contributed by atoms with Gasteiger partial charge in [-0.25, -0.2) is 0 Å². The molecule has 0 aliphatic heterocycles. The lowest BCUT2D eigenvalue weighted by Crippen LogP contribution is -2.38. The molecule has 3 nitrogen and oxygen atoms in total. The molecule has 0 bridgehead atoms. The average molecular weight is 252 g/mol. The van der Waals surface area contributed by atoms with Crippen molar-refractivity contribution in [2.24, 2.45) is 23.7 Å². The Hall–Kier alpha value is -0.410. The Morgan fingerprint density at radius 1 is 0.889 bits per heavy atom. The lowest BCUT2D eigenvalue weighted by atomic mass is 9.85. The summed E-state index contributed by atoms with van der Waals surface area (Å²) in [5.74, 6) is 2.52. The fraction of sp³-hybridized carbons (Fsp3) is 0.933. The van der Waals surface area contributed by atoms with E-state index in [0.29, 0.717) is 29.5 Å². The first-order valence-corrected chi connectivity index (χ1v) is 7.32. The highest BCUT2D eigenvalue weighted by molar-refractivity contribution is 5.85. The zero-order valence-electron chi connectivity index (χ0n) is 12.4. The van der Waals surface area contributed by atoms with E-state index in [-0.39, 0.29) is 0 Å². The molecule has 0 aromatic heterocycles. The van der Waals surface area contributed by atoms with E-state index in [1.807, 2.05) is 0 Å². The predicted molar refractivity (Wildman–Crippen MR) is 74.5 cm³/mol. The minimum absolute atomic E-state index is 0.297. The normalized spacial score (nSPS) is 23.4. The Morgan fingerprint density at radius 2 is 1.22 bits per heavy atom. The van der Waals surface area contributed by atoms with Crippen LogP contribution >= 0.6 is 0 Å². The summed E-state index contributed by atoms with van der Waals surface area (Å²) in [5, 5.41) is 0. The number of carbonyl (C=O) groups excluding carboxylic acids is 1. The fourth-order valence-electron chi connectivity index (χ4n) is 3.00. The van der Waals surface area contributed by atoms with Gasteiger partial charge in [-0.15, -0.1) is 0 Å². The molecule has 2 fully saturated rings. The van der Waals surface area contributed by atoms with E-state index in [2.05, 4.69) is 38.0 Å². The van der Waals surface area contributed by atoms with E-state index >= 15 is 0 Å². The van der Waals surface area contributed by atoms with Crippen molar-refractivity contribution < 1.29 is 4.79 Å². The molecule has 0 spiro atoms. The molecule has 18 heavy (non-hydrogen) atoms. The summed E-state index contributed by atoms with van der Waals surface area (Å²) >= 11 is 0. The standard InChI is InChI=1S/C15H28N2O/c1-16(2)9-13(11-5-6-11)15(18)14(10-17(3)4)12-7-8-12/h11-14H,5-10H2,1-4H3. The molecule has 2 aliphatic carbocycles. The van der Waals surface area contributed by atoms with Crippen LogP contribution in [0, 0.1) is 23.7 Å². The van der Waals surface area contributed by atoms with Crippen LogP contribution in [-0.4, -0.2) is 56.9 Å². The van der Waals surface area contributed by atoms with Gasteiger partial charge in [-0.1, -0.05) is 0 Å². The van der Waals surface area contributed by atoms with E-state index in [4.69, 9.17) is 0 Å². The molecule has 0 heterocycles. The molecule has 104 valence electrons. The van der Waals surface area contributed by atoms with Gasteiger partial charge in [0.2, 0.25) is 0 Å². The van der Waals surface area contributed by atoms with Gasteiger partial charge in [0.25, 0.3) is 0 Å². The Balaban J connectivity index is 1.99. The third-order valence-corrected chi connectivity index (χ3v) is 4.24. The second-order valence-corrected chi connectivity index (χ2v) is 6.81. The molecule has 2 aliphatic rings. The Bertz CT molecular complexity index is 265. The first-order chi connectivity index (χ1) is 8.49. The summed E-state index contributed by atoms with van der Waals surface area (Å²) in [5.41, 5.74) is 0. The molecule has 0 N–H and O–H groups in total. The maximum atomic E-state index is 12.8. The van der Waals surface area contributed by atoms with Gasteiger partial charge in [0.15, 0.2) is 0 Å². The van der Waals surface area contributed by atoms with Crippen LogP contribution in [0.5, 0.6) is 0 Å². The summed E-state index contributed by atoms with van der Waals surface area (Å²) < 4.78 is 0. The van der Waals surface area contributed by atoms with Crippen LogP contribution in [0.2, 0.25) is 0 Å². The van der Waals surface area contributed by atoms with E-state index in [0.717, 1.165) is 13.1 Å². The average Bonchev–Trinajstić information content (AvgIpc) is 3.14. The van der Waals surface area contributed by atoms with Gasteiger partial charge in [-0.2, -0.15) is 0 Å². The molecule has 0 aromatic carbocycles. The van der Waals surface area contributed by atoms with Gasteiger partial charge >= 0.3 is 0 Å². The molecule has 0 amide bonds. The number of rotatable bonds is 8. The predicted octanol–water partition coefficient (Wildman–Crippen LogP) is 1.73. The molecular weight excluding hydrogens is 224 g/mol. The van der Waals surface area contributed by atoms with Crippen molar-refractivity contribution in [3.8, 4) is 0 Å². The first-order valence-electron chi connectivity index (χ1n) is 7.32. The van der Waals surface area contributed by atoms with Crippen molar-refractivity contribution >= 4 is 5.78 Å². The largest absolute Gasteiger partial charge is 0.309 e. The maximum Gasteiger partial charge on any atom is 0.142 e. The molecule has 2 unspecified atom stereocenters. The lowest BCUT2D eigenvalue weighted by Gasteiger charge is -2.26. The quantitative estimate of drug-likeness (QED) is 0.657. The SMILES string of the molecule is CN(C)CC(C(=O)C(CN(C)C)C1CC1)C1CC1. The zero-order valence-corrected chi connectivity index (χ0v) is 12.4. The van der Waals surface area contributed by atoms with Gasteiger partial charge in [0.05, 0.1) is 0 Å². The van der Waals surface area contributed by atoms with Crippen LogP contribution in [0.1, 0.15) is 25.7 Å². The van der Waals surface area contributed by atoms with Gasteiger partial charge in [0.1, 0.15) is 5.78 Å². The molecule has 3 heteroatoms. The number of carbonyl (C=O) groups is 1. The summed E-state index contributed by atoms with van der Waals surface area (Å²) in [6.45, 7) is 1.89. The van der Waals surface area contributed by atoms with Gasteiger partial charge in [0, 0.05) is 24.9 Å². The third-order valence-electron chi connectivity index (χ3n) is 4.24. The van der Waals surface area contributed by atoms with Crippen molar-refractivity contribution in [2.45, 2.75) is 25.7 Å². The van der Waals surface area contributed by atoms with Crippen molar-refractivity contribution in [3.05, 3.63) is 0 Å². The summed E-state index contributed by atoms with van der Waals surface area (Å²) in [4.78, 5) is 17.2. The minimum Gasteiger partial charge on any atom is -0.309 e. The van der Waals surface area contributed by atoms with Crippen molar-refractivity contribution in [1.82, 2.24) is 9.80 Å². The van der Waals surface area contributed by atoms with Crippen molar-refractivity contribution in [1.29, 1.82) is 0 Å². The topological polar surface area (TPSA) is 23.6 Å². The number of Topliss-reactive ketones (excluding diaryl/α,β-unsaturated/α-hetero) is 1. The zero-order chi connectivity index (χ0) is 13.3. The van der Waals surface area contributed by atoms with Crippen LogP contribution in [-0.2, 0) is 4.79 Å². The van der Waals surface area contributed by atoms with Gasteiger partial charge in [-0.3, -0.25) is 4.79 Å². The second-order valence-electron chi connectivity index (χ2n) is 6.81. The molecular formula is C15H28N2O. The Kier molecular flexibility index (Phi) is 4.44. The van der Waals surface area contributed by atoms with Crippen LogP contribution in [0.25, 0.3) is 0 Å². The third kappa shape index (κ3) is 3.79. The summed E-state index contributed by atoms with van der Waals surface area (Å²) in [6.07, 6.45) is 5.07. The van der Waals surface area contributed by atoms with E-state index in [1.54, 1.807) is 0 Å². The molecule has 2 saturated carbocycles. The monoisotopic (exact) mass is 252 g/mol.